The molecular formula is C15H18BrNO2S2. The van der Waals surface area contributed by atoms with E-state index in [-0.39, 0.29) is 0 Å². The number of sulfonamides is 1. The highest BCUT2D eigenvalue weighted by atomic mass is 79.9. The molecule has 0 aliphatic rings. The van der Waals surface area contributed by atoms with E-state index in [0.717, 1.165) is 15.8 Å². The Morgan fingerprint density at radius 1 is 1.29 bits per heavy atom. The first kappa shape index (κ1) is 16.5. The number of benzene rings is 1. The van der Waals surface area contributed by atoms with Crippen molar-refractivity contribution in [3.05, 3.63) is 45.2 Å². The number of rotatable bonds is 5. The lowest BCUT2D eigenvalue weighted by Gasteiger charge is -2.11. The van der Waals surface area contributed by atoms with Gasteiger partial charge in [0, 0.05) is 5.69 Å². The van der Waals surface area contributed by atoms with Gasteiger partial charge in [-0.1, -0.05) is 26.0 Å². The smallest absolute Gasteiger partial charge is 0.271 e. The summed E-state index contributed by atoms with van der Waals surface area (Å²) in [6.07, 6.45) is 1.06. The van der Waals surface area contributed by atoms with Crippen LogP contribution >= 0.6 is 27.3 Å². The van der Waals surface area contributed by atoms with Crippen LogP contribution in [0.2, 0.25) is 0 Å². The van der Waals surface area contributed by atoms with Crippen LogP contribution in [0.4, 0.5) is 5.69 Å². The van der Waals surface area contributed by atoms with Gasteiger partial charge < -0.3 is 0 Å². The van der Waals surface area contributed by atoms with Gasteiger partial charge >= 0.3 is 0 Å². The molecule has 0 saturated carbocycles. The molecule has 1 unspecified atom stereocenters. The van der Waals surface area contributed by atoms with Crippen molar-refractivity contribution in [2.45, 2.75) is 37.3 Å². The summed E-state index contributed by atoms with van der Waals surface area (Å²) in [6, 6.07) is 9.25. The lowest BCUT2D eigenvalue weighted by Crippen LogP contribution is -2.11. The Labute approximate surface area is 138 Å². The van der Waals surface area contributed by atoms with Crippen molar-refractivity contribution in [1.29, 1.82) is 0 Å². The molecule has 2 rings (SSSR count). The second kappa shape index (κ2) is 6.50. The average molecular weight is 388 g/mol. The summed E-state index contributed by atoms with van der Waals surface area (Å²) in [4.78, 5) is 0. The van der Waals surface area contributed by atoms with Gasteiger partial charge in [0.05, 0.1) is 3.79 Å². The van der Waals surface area contributed by atoms with Gasteiger partial charge in [0.25, 0.3) is 10.0 Å². The number of thiophene rings is 1. The first-order chi connectivity index (χ1) is 9.83. The molecule has 1 heterocycles. The molecule has 0 amide bonds. The molecule has 3 nitrogen and oxygen atoms in total. The monoisotopic (exact) mass is 387 g/mol. The molecule has 1 aromatic heterocycles. The Morgan fingerprint density at radius 3 is 2.38 bits per heavy atom. The largest absolute Gasteiger partial charge is 0.279 e. The van der Waals surface area contributed by atoms with Gasteiger partial charge in [-0.3, -0.25) is 4.72 Å². The summed E-state index contributed by atoms with van der Waals surface area (Å²) in [6.45, 7) is 6.17. The molecule has 114 valence electrons. The van der Waals surface area contributed by atoms with E-state index in [1.54, 1.807) is 6.07 Å². The summed E-state index contributed by atoms with van der Waals surface area (Å²) in [7, 11) is -3.52. The molecule has 1 aromatic carbocycles. The van der Waals surface area contributed by atoms with Gasteiger partial charge in [-0.15, -0.1) is 11.3 Å². The standard InChI is InChI=1S/C15H18BrNO2S2/c1-4-10(2)12-5-7-13(8-6-12)17-21(18,19)14-9-11(3)15(16)20-14/h5-10,17H,4H2,1-3H3. The maximum atomic E-state index is 12.3. The van der Waals surface area contributed by atoms with Crippen molar-refractivity contribution in [1.82, 2.24) is 0 Å². The maximum Gasteiger partial charge on any atom is 0.271 e. The molecule has 0 fully saturated rings. The fourth-order valence-corrected chi connectivity index (χ4v) is 5.17. The lowest BCUT2D eigenvalue weighted by atomic mass is 9.99. The predicted octanol–water partition coefficient (Wildman–Crippen LogP) is 5.13. The van der Waals surface area contributed by atoms with E-state index in [2.05, 4.69) is 34.5 Å². The molecule has 0 radical (unpaired) electrons. The van der Waals surface area contributed by atoms with Crippen LogP contribution in [0.5, 0.6) is 0 Å². The minimum absolute atomic E-state index is 0.317. The van der Waals surface area contributed by atoms with Crippen molar-refractivity contribution in [3.63, 3.8) is 0 Å². The molecule has 0 spiro atoms. The molecule has 0 saturated heterocycles. The minimum atomic E-state index is -3.52. The second-order valence-corrected chi connectivity index (χ2v) is 9.34. The molecule has 0 aliphatic heterocycles. The van der Waals surface area contributed by atoms with Crippen molar-refractivity contribution in [2.24, 2.45) is 0 Å². The molecule has 0 bridgehead atoms. The Kier molecular flexibility index (Phi) is 5.11. The third kappa shape index (κ3) is 3.87. The van der Waals surface area contributed by atoms with E-state index >= 15 is 0 Å². The molecule has 0 aliphatic carbocycles. The molecule has 2 aromatic rings. The Hall–Kier alpha value is -0.850. The first-order valence-corrected chi connectivity index (χ1v) is 9.81. The first-order valence-electron chi connectivity index (χ1n) is 6.72. The van der Waals surface area contributed by atoms with Gasteiger partial charge in [-0.25, -0.2) is 8.42 Å². The molecule has 6 heteroatoms. The SMILES string of the molecule is CCC(C)c1ccc(NS(=O)(=O)c2cc(C)c(Br)s2)cc1. The maximum absolute atomic E-state index is 12.3. The highest BCUT2D eigenvalue weighted by Gasteiger charge is 2.18. The van der Waals surface area contributed by atoms with Crippen LogP contribution < -0.4 is 4.72 Å². The van der Waals surface area contributed by atoms with Crippen molar-refractivity contribution in [2.75, 3.05) is 4.72 Å². The third-order valence-corrected chi connectivity index (χ3v) is 7.44. The minimum Gasteiger partial charge on any atom is -0.279 e. The van der Waals surface area contributed by atoms with Crippen LogP contribution in [0.15, 0.2) is 38.3 Å². The van der Waals surface area contributed by atoms with Crippen LogP contribution in [0, 0.1) is 6.92 Å². The zero-order valence-electron chi connectivity index (χ0n) is 12.2. The van der Waals surface area contributed by atoms with Gasteiger partial charge in [0.1, 0.15) is 4.21 Å². The van der Waals surface area contributed by atoms with E-state index in [0.29, 0.717) is 15.8 Å². The van der Waals surface area contributed by atoms with E-state index in [1.807, 2.05) is 31.2 Å². The topological polar surface area (TPSA) is 46.2 Å². The lowest BCUT2D eigenvalue weighted by molar-refractivity contribution is 0.603. The summed E-state index contributed by atoms with van der Waals surface area (Å²) in [5.41, 5.74) is 2.73. The highest BCUT2D eigenvalue weighted by Crippen LogP contribution is 2.31. The molecule has 1 N–H and O–H groups in total. The van der Waals surface area contributed by atoms with Crippen LogP contribution in [0.3, 0.4) is 0 Å². The van der Waals surface area contributed by atoms with E-state index < -0.39 is 10.0 Å². The van der Waals surface area contributed by atoms with Crippen LogP contribution in [0.1, 0.15) is 37.3 Å². The predicted molar refractivity (Wildman–Crippen MR) is 92.7 cm³/mol. The number of halogens is 1. The van der Waals surface area contributed by atoms with Gasteiger partial charge in [0.15, 0.2) is 0 Å². The normalized spacial score (nSPS) is 13.1. The Morgan fingerprint density at radius 2 is 1.90 bits per heavy atom. The van der Waals surface area contributed by atoms with Gasteiger partial charge in [-0.05, 0) is 64.5 Å². The third-order valence-electron chi connectivity index (χ3n) is 3.44. The number of hydrogen-bond donors (Lipinski definition) is 1. The number of hydrogen-bond acceptors (Lipinski definition) is 3. The molecule has 1 atom stereocenters. The number of anilines is 1. The summed E-state index contributed by atoms with van der Waals surface area (Å²) >= 11 is 4.57. The van der Waals surface area contributed by atoms with Crippen molar-refractivity contribution < 1.29 is 8.42 Å². The van der Waals surface area contributed by atoms with Crippen LogP contribution in [-0.2, 0) is 10.0 Å². The summed E-state index contributed by atoms with van der Waals surface area (Å²) in [5.74, 6) is 0.478. The zero-order chi connectivity index (χ0) is 15.6. The average Bonchev–Trinajstić information content (AvgIpc) is 2.79. The van der Waals surface area contributed by atoms with E-state index in [4.69, 9.17) is 0 Å². The Bertz CT molecular complexity index is 701. The van der Waals surface area contributed by atoms with Gasteiger partial charge in [-0.2, -0.15) is 0 Å². The molecular weight excluding hydrogens is 370 g/mol. The summed E-state index contributed by atoms with van der Waals surface area (Å²) in [5, 5.41) is 0. The fraction of sp³-hybridized carbons (Fsp3) is 0.333. The van der Waals surface area contributed by atoms with Crippen molar-refractivity contribution >= 4 is 43.0 Å². The number of nitrogens with one attached hydrogen (secondary N) is 1. The van der Waals surface area contributed by atoms with E-state index in [1.165, 1.54) is 16.9 Å². The molecule has 21 heavy (non-hydrogen) atoms. The summed E-state index contributed by atoms with van der Waals surface area (Å²) < 4.78 is 28.4. The Balaban J connectivity index is 2.20. The van der Waals surface area contributed by atoms with Crippen LogP contribution in [0.25, 0.3) is 0 Å². The van der Waals surface area contributed by atoms with Gasteiger partial charge in [0.2, 0.25) is 0 Å². The quantitative estimate of drug-likeness (QED) is 0.772. The fourth-order valence-electron chi connectivity index (χ4n) is 1.89. The van der Waals surface area contributed by atoms with E-state index in [9.17, 15) is 8.42 Å². The van der Waals surface area contributed by atoms with Crippen LogP contribution in [-0.4, -0.2) is 8.42 Å². The van der Waals surface area contributed by atoms with Crippen molar-refractivity contribution in [3.8, 4) is 0 Å². The second-order valence-electron chi connectivity index (χ2n) is 5.06. The number of aryl methyl sites for hydroxylation is 1. The highest BCUT2D eigenvalue weighted by molar-refractivity contribution is 9.11. The zero-order valence-corrected chi connectivity index (χ0v) is 15.4.